The highest BCUT2D eigenvalue weighted by atomic mass is 35.5. The van der Waals surface area contributed by atoms with E-state index in [1.54, 1.807) is 24.3 Å². The van der Waals surface area contributed by atoms with Gasteiger partial charge in [0.1, 0.15) is 18.2 Å². The van der Waals surface area contributed by atoms with Crippen molar-refractivity contribution in [3.63, 3.8) is 0 Å². The Morgan fingerprint density at radius 3 is 2.78 bits per heavy atom. The first kappa shape index (κ1) is 17.5. The second kappa shape index (κ2) is 8.10. The summed E-state index contributed by atoms with van der Waals surface area (Å²) in [4.78, 5) is 0. The number of halogens is 3. The third-order valence-corrected chi connectivity index (χ3v) is 3.43. The molecule has 0 bridgehead atoms. The number of nitrogens with one attached hydrogen (secondary N) is 1. The van der Waals surface area contributed by atoms with Crippen LogP contribution in [0, 0.1) is 5.82 Å². The third-order valence-electron chi connectivity index (χ3n) is 2.75. The third kappa shape index (κ3) is 5.35. The number of hydrogen-bond acceptors (Lipinski definition) is 3. The van der Waals surface area contributed by atoms with E-state index in [0.717, 1.165) is 0 Å². The van der Waals surface area contributed by atoms with E-state index >= 15 is 0 Å². The maximum absolute atomic E-state index is 13.0. The lowest BCUT2D eigenvalue weighted by Crippen LogP contribution is -2.24. The summed E-state index contributed by atoms with van der Waals surface area (Å²) in [5.74, 6) is 0.130. The van der Waals surface area contributed by atoms with Crippen LogP contribution in [0.15, 0.2) is 41.5 Å². The van der Waals surface area contributed by atoms with Crippen LogP contribution in [0.25, 0.3) is 0 Å². The van der Waals surface area contributed by atoms with E-state index in [-0.39, 0.29) is 11.7 Å². The second-order valence-corrected chi connectivity index (χ2v) is 5.72. The van der Waals surface area contributed by atoms with Gasteiger partial charge in [0.25, 0.3) is 0 Å². The lowest BCUT2D eigenvalue weighted by molar-refractivity contribution is 0.305. The highest BCUT2D eigenvalue weighted by Crippen LogP contribution is 2.24. The number of rotatable bonds is 5. The van der Waals surface area contributed by atoms with Gasteiger partial charge < -0.3 is 10.5 Å². The molecule has 0 unspecified atom stereocenters. The van der Waals surface area contributed by atoms with Gasteiger partial charge in [-0.15, -0.1) is 0 Å². The van der Waals surface area contributed by atoms with Gasteiger partial charge in [0.2, 0.25) is 0 Å². The fourth-order valence-electron chi connectivity index (χ4n) is 1.71. The minimum absolute atomic E-state index is 0.0452. The Balaban J connectivity index is 2.15. The molecule has 0 saturated carbocycles. The first-order valence-electron chi connectivity index (χ1n) is 6.40. The molecule has 0 aliphatic heterocycles. The van der Waals surface area contributed by atoms with Gasteiger partial charge in [-0.25, -0.2) is 4.39 Å². The molecular formula is C15H12Cl2FN3OS. The molecule has 0 heterocycles. The summed E-state index contributed by atoms with van der Waals surface area (Å²) in [6.07, 6.45) is 1.48. The maximum Gasteiger partial charge on any atom is 0.184 e. The molecule has 2 aromatic rings. The number of hydrogen-bond donors (Lipinski definition) is 2. The highest BCUT2D eigenvalue weighted by Gasteiger charge is 2.07. The number of benzene rings is 2. The number of hydrazone groups is 1. The number of nitrogens with two attached hydrogens (primary N) is 1. The van der Waals surface area contributed by atoms with Crippen molar-refractivity contribution in [2.45, 2.75) is 6.61 Å². The number of thiocarbonyl (C=S) groups is 1. The summed E-state index contributed by atoms with van der Waals surface area (Å²) in [6, 6.07) is 9.17. The molecule has 2 rings (SSSR count). The van der Waals surface area contributed by atoms with Crippen molar-refractivity contribution < 1.29 is 9.13 Å². The van der Waals surface area contributed by atoms with Gasteiger partial charge in [0.05, 0.1) is 11.2 Å². The highest BCUT2D eigenvalue weighted by molar-refractivity contribution is 7.80. The van der Waals surface area contributed by atoms with Crippen LogP contribution in [0.5, 0.6) is 5.75 Å². The lowest BCUT2D eigenvalue weighted by Gasteiger charge is -2.10. The molecular weight excluding hydrogens is 360 g/mol. The fourth-order valence-corrected chi connectivity index (χ4v) is 2.17. The van der Waals surface area contributed by atoms with E-state index < -0.39 is 5.82 Å². The Bertz CT molecular complexity index is 755. The average Bonchev–Trinajstić information content (AvgIpc) is 2.47. The van der Waals surface area contributed by atoms with E-state index in [4.69, 9.17) is 33.7 Å². The van der Waals surface area contributed by atoms with Crippen molar-refractivity contribution in [1.82, 2.24) is 5.43 Å². The van der Waals surface area contributed by atoms with Gasteiger partial charge in [-0.3, -0.25) is 5.43 Å². The van der Waals surface area contributed by atoms with Gasteiger partial charge in [0, 0.05) is 16.1 Å². The smallest absolute Gasteiger partial charge is 0.184 e. The summed E-state index contributed by atoms with van der Waals surface area (Å²) < 4.78 is 18.7. The van der Waals surface area contributed by atoms with E-state index in [2.05, 4.69) is 22.7 Å². The quantitative estimate of drug-likeness (QED) is 0.475. The molecule has 0 aliphatic carbocycles. The minimum Gasteiger partial charge on any atom is -0.488 e. The minimum atomic E-state index is -0.401. The molecule has 2 aromatic carbocycles. The molecule has 4 nitrogen and oxygen atoms in total. The van der Waals surface area contributed by atoms with Crippen LogP contribution >= 0.6 is 35.4 Å². The largest absolute Gasteiger partial charge is 0.488 e. The van der Waals surface area contributed by atoms with Crippen molar-refractivity contribution in [2.24, 2.45) is 10.8 Å². The Hall–Kier alpha value is -1.89. The van der Waals surface area contributed by atoms with Crippen LogP contribution in [0.4, 0.5) is 4.39 Å². The lowest BCUT2D eigenvalue weighted by atomic mass is 10.2. The van der Waals surface area contributed by atoms with E-state index in [0.29, 0.717) is 26.9 Å². The summed E-state index contributed by atoms with van der Waals surface area (Å²) in [5, 5.41) is 4.73. The Labute approximate surface area is 148 Å². The zero-order valence-electron chi connectivity index (χ0n) is 11.7. The van der Waals surface area contributed by atoms with Gasteiger partial charge >= 0.3 is 0 Å². The standard InChI is InChI=1S/C15H12Cl2FN3OS/c16-11-2-4-14(10(5-11)7-20-21-15(19)23)22-8-9-1-3-12(18)6-13(9)17/h1-7H,8H2,(H3,19,21,23). The SMILES string of the molecule is NC(=S)NN=Cc1cc(Cl)ccc1OCc1ccc(F)cc1Cl. The van der Waals surface area contributed by atoms with Gasteiger partial charge in [-0.1, -0.05) is 29.3 Å². The summed E-state index contributed by atoms with van der Waals surface area (Å²) >= 11 is 16.6. The first-order chi connectivity index (χ1) is 11.0. The molecule has 23 heavy (non-hydrogen) atoms. The van der Waals surface area contributed by atoms with Gasteiger partial charge in [-0.05, 0) is 42.5 Å². The normalized spacial score (nSPS) is 10.7. The second-order valence-electron chi connectivity index (χ2n) is 4.44. The first-order valence-corrected chi connectivity index (χ1v) is 7.57. The van der Waals surface area contributed by atoms with E-state index in [9.17, 15) is 4.39 Å². The van der Waals surface area contributed by atoms with Crippen LogP contribution in [-0.2, 0) is 6.61 Å². The molecule has 0 aromatic heterocycles. The molecule has 0 fully saturated rings. The predicted molar refractivity (Wildman–Crippen MR) is 94.7 cm³/mol. The Morgan fingerprint density at radius 1 is 1.30 bits per heavy atom. The molecule has 0 radical (unpaired) electrons. The topological polar surface area (TPSA) is 59.6 Å². The summed E-state index contributed by atoms with van der Waals surface area (Å²) in [5.41, 5.74) is 9.02. The summed E-state index contributed by atoms with van der Waals surface area (Å²) in [6.45, 7) is 0.171. The molecule has 3 N–H and O–H groups in total. The Morgan fingerprint density at radius 2 is 2.09 bits per heavy atom. The monoisotopic (exact) mass is 371 g/mol. The van der Waals surface area contributed by atoms with Crippen molar-refractivity contribution in [3.05, 3.63) is 63.4 Å². The Kier molecular flexibility index (Phi) is 6.15. The molecule has 0 spiro atoms. The van der Waals surface area contributed by atoms with E-state index in [1.165, 1.54) is 18.3 Å². The number of nitrogens with zero attached hydrogens (tertiary/aromatic N) is 1. The van der Waals surface area contributed by atoms with E-state index in [1.807, 2.05) is 0 Å². The zero-order valence-corrected chi connectivity index (χ0v) is 14.1. The van der Waals surface area contributed by atoms with Crippen LogP contribution in [0.1, 0.15) is 11.1 Å². The van der Waals surface area contributed by atoms with Crippen LogP contribution in [0.3, 0.4) is 0 Å². The van der Waals surface area contributed by atoms with Crippen molar-refractivity contribution in [1.29, 1.82) is 0 Å². The molecule has 0 aliphatic rings. The molecule has 0 saturated heterocycles. The molecule has 120 valence electrons. The van der Waals surface area contributed by atoms with Crippen molar-refractivity contribution in [2.75, 3.05) is 0 Å². The van der Waals surface area contributed by atoms with Crippen molar-refractivity contribution >= 4 is 46.7 Å². The fraction of sp³-hybridized carbons (Fsp3) is 0.0667. The van der Waals surface area contributed by atoms with Crippen LogP contribution in [-0.4, -0.2) is 11.3 Å². The summed E-state index contributed by atoms with van der Waals surface area (Å²) in [7, 11) is 0. The van der Waals surface area contributed by atoms with Gasteiger partial charge in [-0.2, -0.15) is 5.10 Å². The maximum atomic E-state index is 13.0. The molecule has 8 heteroatoms. The molecule has 0 amide bonds. The zero-order chi connectivity index (χ0) is 16.8. The number of ether oxygens (including phenoxy) is 1. The van der Waals surface area contributed by atoms with Crippen LogP contribution in [0.2, 0.25) is 10.0 Å². The van der Waals surface area contributed by atoms with Crippen LogP contribution < -0.4 is 15.9 Å². The predicted octanol–water partition coefficient (Wildman–Crippen LogP) is 3.88. The van der Waals surface area contributed by atoms with Crippen molar-refractivity contribution in [3.8, 4) is 5.75 Å². The average molecular weight is 372 g/mol. The van der Waals surface area contributed by atoms with Gasteiger partial charge in [0.15, 0.2) is 5.11 Å². The molecule has 0 atom stereocenters.